The molecule has 35 heavy (non-hydrogen) atoms. The van der Waals surface area contributed by atoms with Crippen molar-refractivity contribution in [2.45, 2.75) is 32.4 Å². The molecular weight excluding hydrogens is 499 g/mol. The molecule has 0 saturated carbocycles. The van der Waals surface area contributed by atoms with E-state index in [1.54, 1.807) is 6.07 Å². The summed E-state index contributed by atoms with van der Waals surface area (Å²) in [4.78, 5) is 40.8. The van der Waals surface area contributed by atoms with Gasteiger partial charge in [-0.3, -0.25) is 19.9 Å². The number of nitrogens with one attached hydrogen (secondary N) is 2. The number of ether oxygens (including phenoxy) is 2. The van der Waals surface area contributed by atoms with Crippen LogP contribution < -0.4 is 10.7 Å². The minimum atomic E-state index is -0.760. The van der Waals surface area contributed by atoms with Crippen LogP contribution in [0.15, 0.2) is 42.5 Å². The minimum absolute atomic E-state index is 0.0177. The predicted octanol–water partition coefficient (Wildman–Crippen LogP) is 4.51. The lowest BCUT2D eigenvalue weighted by molar-refractivity contribution is -0.143. The van der Waals surface area contributed by atoms with Crippen LogP contribution in [0, 0.1) is 5.82 Å². The zero-order valence-electron chi connectivity index (χ0n) is 19.0. The van der Waals surface area contributed by atoms with Crippen LogP contribution in [0.25, 0.3) is 10.2 Å². The molecule has 0 bridgehead atoms. The SMILES string of the molecule is COC(=O)CC[C@@H](COC(=O)Nc1nc2ccccc2s1)N(NCc1cccc(F)c1Cl)C(C)=O. The zero-order chi connectivity index (χ0) is 25.4. The zero-order valence-corrected chi connectivity index (χ0v) is 20.6. The van der Waals surface area contributed by atoms with Crippen LogP contribution in [-0.2, 0) is 25.6 Å². The molecule has 2 aromatic carbocycles. The first-order valence-corrected chi connectivity index (χ1v) is 11.8. The molecule has 0 aliphatic heterocycles. The fourth-order valence-electron chi connectivity index (χ4n) is 3.25. The molecule has 9 nitrogen and oxygen atoms in total. The molecular formula is C23H24ClFN4O5S. The highest BCUT2D eigenvalue weighted by Gasteiger charge is 2.25. The number of hydrogen-bond donors (Lipinski definition) is 2. The Kier molecular flexibility index (Phi) is 9.35. The van der Waals surface area contributed by atoms with Gasteiger partial charge in [-0.25, -0.2) is 19.6 Å². The average Bonchev–Trinajstić information content (AvgIpc) is 3.24. The Labute approximate surface area is 210 Å². The second-order valence-corrected chi connectivity index (χ2v) is 8.82. The number of thiazole rings is 1. The van der Waals surface area contributed by atoms with Gasteiger partial charge in [-0.1, -0.05) is 47.2 Å². The van der Waals surface area contributed by atoms with Gasteiger partial charge in [-0.15, -0.1) is 0 Å². The highest BCUT2D eigenvalue weighted by atomic mass is 35.5. The lowest BCUT2D eigenvalue weighted by Gasteiger charge is -2.31. The lowest BCUT2D eigenvalue weighted by Crippen LogP contribution is -2.50. The van der Waals surface area contributed by atoms with E-state index in [0.717, 1.165) is 10.2 Å². The molecule has 2 N–H and O–H groups in total. The van der Waals surface area contributed by atoms with E-state index in [1.165, 1.54) is 42.5 Å². The Morgan fingerprint density at radius 2 is 1.97 bits per heavy atom. The van der Waals surface area contributed by atoms with Gasteiger partial charge < -0.3 is 9.47 Å². The number of esters is 1. The number of anilines is 1. The number of rotatable bonds is 10. The third-order valence-electron chi connectivity index (χ3n) is 4.99. The summed E-state index contributed by atoms with van der Waals surface area (Å²) in [6, 6.07) is 11.0. The first-order valence-electron chi connectivity index (χ1n) is 10.6. The maximum absolute atomic E-state index is 13.8. The monoisotopic (exact) mass is 522 g/mol. The highest BCUT2D eigenvalue weighted by Crippen LogP contribution is 2.25. The normalized spacial score (nSPS) is 11.7. The van der Waals surface area contributed by atoms with Crippen LogP contribution in [0.3, 0.4) is 0 Å². The summed E-state index contributed by atoms with van der Waals surface area (Å²) in [7, 11) is 1.26. The topological polar surface area (TPSA) is 110 Å². The van der Waals surface area contributed by atoms with E-state index in [1.807, 2.05) is 24.3 Å². The Hall–Kier alpha value is -3.28. The van der Waals surface area contributed by atoms with Crippen molar-refractivity contribution in [3.05, 3.63) is 58.9 Å². The fraction of sp³-hybridized carbons (Fsp3) is 0.304. The third-order valence-corrected chi connectivity index (χ3v) is 6.37. The number of amides is 2. The Balaban J connectivity index is 1.67. The number of carbonyl (C=O) groups is 3. The molecule has 1 aromatic heterocycles. The molecule has 186 valence electrons. The molecule has 1 heterocycles. The molecule has 0 spiro atoms. The van der Waals surface area contributed by atoms with E-state index in [4.69, 9.17) is 16.3 Å². The van der Waals surface area contributed by atoms with Crippen LogP contribution in [-0.4, -0.2) is 47.7 Å². The number of fused-ring (bicyclic) bond motifs is 1. The van der Waals surface area contributed by atoms with Gasteiger partial charge in [0, 0.05) is 19.9 Å². The smallest absolute Gasteiger partial charge is 0.413 e. The molecule has 0 unspecified atom stereocenters. The standard InChI is InChI=1S/C23H24ClFN4O5S/c1-14(30)29(26-12-15-6-5-7-17(25)21(15)24)16(10-11-20(31)33-2)13-34-23(32)28-22-27-18-8-3-4-9-19(18)35-22/h3-9,16,26H,10-13H2,1-2H3,(H,27,28,32)/t16-/m0/s1. The van der Waals surface area contributed by atoms with Gasteiger partial charge in [0.25, 0.3) is 0 Å². The summed E-state index contributed by atoms with van der Waals surface area (Å²) in [6.45, 7) is 1.12. The summed E-state index contributed by atoms with van der Waals surface area (Å²) in [5.41, 5.74) is 4.07. The van der Waals surface area contributed by atoms with Crippen LogP contribution >= 0.6 is 22.9 Å². The Morgan fingerprint density at radius 1 is 1.20 bits per heavy atom. The van der Waals surface area contributed by atoms with Crippen molar-refractivity contribution in [3.8, 4) is 0 Å². The number of benzene rings is 2. The molecule has 0 aliphatic carbocycles. The van der Waals surface area contributed by atoms with E-state index in [9.17, 15) is 18.8 Å². The molecule has 0 aliphatic rings. The van der Waals surface area contributed by atoms with Gasteiger partial charge in [-0.05, 0) is 30.2 Å². The van der Waals surface area contributed by atoms with Gasteiger partial charge in [0.05, 0.1) is 28.4 Å². The molecule has 0 saturated heterocycles. The number of hydrogen-bond acceptors (Lipinski definition) is 8. The maximum Gasteiger partial charge on any atom is 0.413 e. The third kappa shape index (κ3) is 7.35. The molecule has 1 atom stereocenters. The maximum atomic E-state index is 13.8. The minimum Gasteiger partial charge on any atom is -0.469 e. The van der Waals surface area contributed by atoms with E-state index in [0.29, 0.717) is 10.7 Å². The number of aromatic nitrogens is 1. The van der Waals surface area contributed by atoms with Gasteiger partial charge in [0.1, 0.15) is 12.4 Å². The summed E-state index contributed by atoms with van der Waals surface area (Å²) in [5, 5.41) is 4.10. The number of carbonyl (C=O) groups excluding carboxylic acids is 3. The van der Waals surface area contributed by atoms with Crippen molar-refractivity contribution < 1.29 is 28.2 Å². The lowest BCUT2D eigenvalue weighted by atomic mass is 10.1. The van der Waals surface area contributed by atoms with E-state index < -0.39 is 29.8 Å². The van der Waals surface area contributed by atoms with Crippen LogP contribution in [0.2, 0.25) is 5.02 Å². The van der Waals surface area contributed by atoms with Crippen LogP contribution in [0.5, 0.6) is 0 Å². The fourth-order valence-corrected chi connectivity index (χ4v) is 4.29. The number of nitrogens with zero attached hydrogens (tertiary/aromatic N) is 2. The number of methoxy groups -OCH3 is 1. The number of halogens is 2. The Morgan fingerprint density at radius 3 is 2.69 bits per heavy atom. The van der Waals surface area contributed by atoms with Gasteiger partial charge >= 0.3 is 12.1 Å². The molecule has 0 radical (unpaired) electrons. The summed E-state index contributed by atoms with van der Waals surface area (Å²) >= 11 is 7.30. The van der Waals surface area contributed by atoms with Crippen LogP contribution in [0.4, 0.5) is 14.3 Å². The Bertz CT molecular complexity index is 1170. The molecule has 3 aromatic rings. The quantitative estimate of drug-likeness (QED) is 0.298. The van der Waals surface area contributed by atoms with Crippen molar-refractivity contribution in [1.82, 2.24) is 15.4 Å². The number of hydrazine groups is 1. The van der Waals surface area contributed by atoms with Crippen molar-refractivity contribution in [1.29, 1.82) is 0 Å². The highest BCUT2D eigenvalue weighted by molar-refractivity contribution is 7.22. The van der Waals surface area contributed by atoms with Crippen molar-refractivity contribution in [2.75, 3.05) is 19.0 Å². The first-order chi connectivity index (χ1) is 16.8. The van der Waals surface area contributed by atoms with Gasteiger partial charge in [-0.2, -0.15) is 0 Å². The van der Waals surface area contributed by atoms with Crippen molar-refractivity contribution in [2.24, 2.45) is 0 Å². The second-order valence-electron chi connectivity index (χ2n) is 7.42. The molecule has 2 amide bonds. The van der Waals surface area contributed by atoms with Gasteiger partial charge in [0.2, 0.25) is 5.91 Å². The number of para-hydroxylation sites is 1. The average molecular weight is 523 g/mol. The van der Waals surface area contributed by atoms with Crippen LogP contribution in [0.1, 0.15) is 25.3 Å². The second kappa shape index (κ2) is 12.4. The van der Waals surface area contributed by atoms with E-state index in [2.05, 4.69) is 20.5 Å². The summed E-state index contributed by atoms with van der Waals surface area (Å²) in [5.74, 6) is -1.47. The van der Waals surface area contributed by atoms with E-state index >= 15 is 0 Å². The first kappa shape index (κ1) is 26.3. The van der Waals surface area contributed by atoms with Crippen molar-refractivity contribution >= 4 is 56.3 Å². The van der Waals surface area contributed by atoms with Crippen molar-refractivity contribution in [3.63, 3.8) is 0 Å². The van der Waals surface area contributed by atoms with E-state index in [-0.39, 0.29) is 31.0 Å². The summed E-state index contributed by atoms with van der Waals surface area (Å²) < 4.78 is 24.7. The largest absolute Gasteiger partial charge is 0.469 e. The molecule has 3 rings (SSSR count). The molecule has 12 heteroatoms. The summed E-state index contributed by atoms with van der Waals surface area (Å²) in [6.07, 6.45) is -0.635. The predicted molar refractivity (Wildman–Crippen MR) is 130 cm³/mol. The van der Waals surface area contributed by atoms with Gasteiger partial charge in [0.15, 0.2) is 5.13 Å². The molecule has 0 fully saturated rings.